The average molecular weight is 277 g/mol. The van der Waals surface area contributed by atoms with Crippen LogP contribution in [0.15, 0.2) is 6.07 Å². The zero-order chi connectivity index (χ0) is 14.1. The zero-order valence-corrected chi connectivity index (χ0v) is 11.6. The van der Waals surface area contributed by atoms with Gasteiger partial charge in [-0.15, -0.1) is 0 Å². The van der Waals surface area contributed by atoms with E-state index in [0.717, 1.165) is 36.8 Å². The van der Waals surface area contributed by atoms with E-state index in [1.165, 1.54) is 0 Å². The molecule has 20 heavy (non-hydrogen) atoms. The van der Waals surface area contributed by atoms with Crippen LogP contribution in [-0.4, -0.2) is 47.3 Å². The maximum Gasteiger partial charge on any atom is 0.310 e. The zero-order valence-electron chi connectivity index (χ0n) is 11.6. The van der Waals surface area contributed by atoms with E-state index >= 15 is 0 Å². The fraction of sp³-hybridized carbons (Fsp3) is 0.643. The Morgan fingerprint density at radius 3 is 2.90 bits per heavy atom. The molecule has 0 bridgehead atoms. The minimum absolute atomic E-state index is 0.263. The molecule has 0 saturated carbocycles. The van der Waals surface area contributed by atoms with E-state index in [9.17, 15) is 4.79 Å². The first-order valence-corrected chi connectivity index (χ1v) is 7.04. The van der Waals surface area contributed by atoms with Gasteiger partial charge >= 0.3 is 5.97 Å². The minimum Gasteiger partial charge on any atom is -0.481 e. The van der Waals surface area contributed by atoms with Gasteiger partial charge in [-0.25, -0.2) is 9.97 Å². The molecule has 0 aromatic carbocycles. The standard InChI is InChI=1S/C14H19N3O3/c1-9-5-12(17-6-11(7-17)14(18)19)16-13(15-9)10-3-2-4-20-8-10/h5,10-11H,2-4,6-8H2,1H3,(H,18,19). The third-order valence-corrected chi connectivity index (χ3v) is 3.94. The average Bonchev–Trinajstić information content (AvgIpc) is 2.37. The van der Waals surface area contributed by atoms with Gasteiger partial charge < -0.3 is 14.7 Å². The largest absolute Gasteiger partial charge is 0.481 e. The molecule has 6 heteroatoms. The van der Waals surface area contributed by atoms with Crippen LogP contribution < -0.4 is 4.90 Å². The quantitative estimate of drug-likeness (QED) is 0.894. The number of aliphatic carboxylic acids is 1. The van der Waals surface area contributed by atoms with Crippen molar-refractivity contribution < 1.29 is 14.6 Å². The van der Waals surface area contributed by atoms with Crippen molar-refractivity contribution in [2.24, 2.45) is 5.92 Å². The Kier molecular flexibility index (Phi) is 3.56. The molecule has 1 unspecified atom stereocenters. The molecule has 2 fully saturated rings. The molecule has 1 aromatic heterocycles. The number of anilines is 1. The molecule has 3 rings (SSSR count). The lowest BCUT2D eigenvalue weighted by atomic mass is 10.00. The highest BCUT2D eigenvalue weighted by Gasteiger charge is 2.34. The Bertz CT molecular complexity index is 508. The van der Waals surface area contributed by atoms with Crippen molar-refractivity contribution >= 4 is 11.8 Å². The fourth-order valence-electron chi connectivity index (χ4n) is 2.69. The van der Waals surface area contributed by atoms with Crippen LogP contribution in [0, 0.1) is 12.8 Å². The lowest BCUT2D eigenvalue weighted by molar-refractivity contribution is -0.142. The van der Waals surface area contributed by atoms with Crippen LogP contribution in [0.25, 0.3) is 0 Å². The van der Waals surface area contributed by atoms with Crippen molar-refractivity contribution in [3.63, 3.8) is 0 Å². The second kappa shape index (κ2) is 5.36. The van der Waals surface area contributed by atoms with Crippen molar-refractivity contribution in [2.45, 2.75) is 25.7 Å². The first-order valence-electron chi connectivity index (χ1n) is 7.04. The third-order valence-electron chi connectivity index (χ3n) is 3.94. The van der Waals surface area contributed by atoms with Gasteiger partial charge in [-0.3, -0.25) is 4.79 Å². The van der Waals surface area contributed by atoms with Crippen molar-refractivity contribution in [3.05, 3.63) is 17.6 Å². The first-order chi connectivity index (χ1) is 9.63. The first kappa shape index (κ1) is 13.3. The molecule has 0 spiro atoms. The van der Waals surface area contributed by atoms with E-state index in [1.807, 2.05) is 17.9 Å². The number of nitrogens with zero attached hydrogens (tertiary/aromatic N) is 3. The highest BCUT2D eigenvalue weighted by Crippen LogP contribution is 2.27. The number of hydrogen-bond donors (Lipinski definition) is 1. The highest BCUT2D eigenvalue weighted by molar-refractivity contribution is 5.74. The molecule has 2 aliphatic heterocycles. The summed E-state index contributed by atoms with van der Waals surface area (Å²) in [4.78, 5) is 22.0. The topological polar surface area (TPSA) is 75.6 Å². The number of carbonyl (C=O) groups is 1. The number of rotatable bonds is 3. The molecule has 108 valence electrons. The number of hydrogen-bond acceptors (Lipinski definition) is 5. The molecule has 2 aliphatic rings. The lowest BCUT2D eigenvalue weighted by Gasteiger charge is -2.38. The van der Waals surface area contributed by atoms with E-state index in [2.05, 4.69) is 9.97 Å². The normalized spacial score (nSPS) is 23.4. The third kappa shape index (κ3) is 2.60. The second-order valence-electron chi connectivity index (χ2n) is 5.58. The van der Waals surface area contributed by atoms with Gasteiger partial charge in [-0.2, -0.15) is 0 Å². The Labute approximate surface area is 117 Å². The highest BCUT2D eigenvalue weighted by atomic mass is 16.5. The Balaban J connectivity index is 1.75. The predicted octanol–water partition coefficient (Wildman–Crippen LogP) is 1.20. The van der Waals surface area contributed by atoms with Crippen LogP contribution in [0.2, 0.25) is 0 Å². The van der Waals surface area contributed by atoms with E-state index in [1.54, 1.807) is 0 Å². The van der Waals surface area contributed by atoms with Gasteiger partial charge in [-0.05, 0) is 19.8 Å². The van der Waals surface area contributed by atoms with Gasteiger partial charge in [0.25, 0.3) is 0 Å². The fourth-order valence-corrected chi connectivity index (χ4v) is 2.69. The lowest BCUT2D eigenvalue weighted by Crippen LogP contribution is -2.51. The summed E-state index contributed by atoms with van der Waals surface area (Å²) in [5, 5.41) is 8.94. The molecule has 1 aromatic rings. The van der Waals surface area contributed by atoms with Crippen LogP contribution in [0.5, 0.6) is 0 Å². The van der Waals surface area contributed by atoms with E-state index in [-0.39, 0.29) is 11.8 Å². The molecule has 0 radical (unpaired) electrons. The van der Waals surface area contributed by atoms with Gasteiger partial charge in [0.15, 0.2) is 0 Å². The monoisotopic (exact) mass is 277 g/mol. The summed E-state index contributed by atoms with van der Waals surface area (Å²) in [6, 6.07) is 1.92. The molecule has 2 saturated heterocycles. The minimum atomic E-state index is -0.729. The number of aromatic nitrogens is 2. The van der Waals surface area contributed by atoms with Crippen molar-refractivity contribution in [1.29, 1.82) is 0 Å². The molecule has 0 aliphatic carbocycles. The van der Waals surface area contributed by atoms with Crippen LogP contribution in [0.1, 0.15) is 30.3 Å². The molecular weight excluding hydrogens is 258 g/mol. The number of aryl methyl sites for hydroxylation is 1. The van der Waals surface area contributed by atoms with E-state index < -0.39 is 5.97 Å². The summed E-state index contributed by atoms with van der Waals surface area (Å²) in [5.41, 5.74) is 0.925. The molecule has 6 nitrogen and oxygen atoms in total. The Morgan fingerprint density at radius 2 is 2.25 bits per heavy atom. The summed E-state index contributed by atoms with van der Waals surface area (Å²) in [7, 11) is 0. The summed E-state index contributed by atoms with van der Waals surface area (Å²) >= 11 is 0. The molecule has 1 atom stereocenters. The number of carboxylic acids is 1. The van der Waals surface area contributed by atoms with E-state index in [4.69, 9.17) is 9.84 Å². The predicted molar refractivity (Wildman–Crippen MR) is 72.9 cm³/mol. The Morgan fingerprint density at radius 1 is 1.45 bits per heavy atom. The maximum atomic E-state index is 10.9. The molecule has 3 heterocycles. The van der Waals surface area contributed by atoms with Gasteiger partial charge in [-0.1, -0.05) is 0 Å². The second-order valence-corrected chi connectivity index (χ2v) is 5.58. The molecule has 1 N–H and O–H groups in total. The van der Waals surface area contributed by atoms with E-state index in [0.29, 0.717) is 19.7 Å². The summed E-state index contributed by atoms with van der Waals surface area (Å²) < 4.78 is 5.49. The Hall–Kier alpha value is -1.69. The van der Waals surface area contributed by atoms with Gasteiger partial charge in [0.05, 0.1) is 12.5 Å². The van der Waals surface area contributed by atoms with Crippen molar-refractivity contribution in [2.75, 3.05) is 31.2 Å². The maximum absolute atomic E-state index is 10.9. The van der Waals surface area contributed by atoms with Gasteiger partial charge in [0.1, 0.15) is 11.6 Å². The molecule has 0 amide bonds. The van der Waals surface area contributed by atoms with Gasteiger partial charge in [0.2, 0.25) is 0 Å². The van der Waals surface area contributed by atoms with Gasteiger partial charge in [0, 0.05) is 37.4 Å². The van der Waals surface area contributed by atoms with Crippen LogP contribution in [0.3, 0.4) is 0 Å². The van der Waals surface area contributed by atoms with Crippen LogP contribution >= 0.6 is 0 Å². The number of ether oxygens (including phenoxy) is 1. The smallest absolute Gasteiger partial charge is 0.310 e. The summed E-state index contributed by atoms with van der Waals surface area (Å²) in [5.74, 6) is 0.938. The molecular formula is C14H19N3O3. The summed E-state index contributed by atoms with van der Waals surface area (Å²) in [6.07, 6.45) is 2.10. The van der Waals surface area contributed by atoms with Crippen molar-refractivity contribution in [1.82, 2.24) is 9.97 Å². The van der Waals surface area contributed by atoms with Crippen LogP contribution in [0.4, 0.5) is 5.82 Å². The van der Waals surface area contributed by atoms with Crippen molar-refractivity contribution in [3.8, 4) is 0 Å². The SMILES string of the molecule is Cc1cc(N2CC(C(=O)O)C2)nc(C2CCCOC2)n1. The summed E-state index contributed by atoms with van der Waals surface area (Å²) in [6.45, 7) is 4.52. The van der Waals surface area contributed by atoms with Crippen LogP contribution in [-0.2, 0) is 9.53 Å². The number of carboxylic acid groups (broad SMARTS) is 1.